The maximum absolute atomic E-state index is 5.89. The first-order valence-corrected chi connectivity index (χ1v) is 6.97. The molecule has 0 saturated carbocycles. The van der Waals surface area contributed by atoms with Crippen LogP contribution in [0.3, 0.4) is 0 Å². The monoisotopic (exact) mass is 306 g/mol. The van der Waals surface area contributed by atoms with Crippen molar-refractivity contribution in [2.75, 3.05) is 12.8 Å². The van der Waals surface area contributed by atoms with Crippen LogP contribution in [0.15, 0.2) is 30.3 Å². The van der Waals surface area contributed by atoms with E-state index in [4.69, 9.17) is 26.8 Å². The Morgan fingerprint density at radius 1 is 1.14 bits per heavy atom. The smallest absolute Gasteiger partial charge is 0.244 e. The van der Waals surface area contributed by atoms with Crippen molar-refractivity contribution >= 4 is 17.3 Å². The van der Waals surface area contributed by atoms with Gasteiger partial charge >= 0.3 is 0 Å². The average Bonchev–Trinajstić information content (AvgIpc) is 2.42. The second-order valence-electron chi connectivity index (χ2n) is 5.74. The third kappa shape index (κ3) is 3.58. The number of nitrogen functional groups attached to an aromatic ring is 1. The molecule has 0 radical (unpaired) electrons. The lowest BCUT2D eigenvalue weighted by Crippen LogP contribution is -2.13. The Morgan fingerprint density at radius 3 is 2.48 bits per heavy atom. The Hall–Kier alpha value is -1.94. The molecule has 2 rings (SSSR count). The summed E-state index contributed by atoms with van der Waals surface area (Å²) in [5.74, 6) is 1.77. The van der Waals surface area contributed by atoms with E-state index >= 15 is 0 Å². The Bertz CT molecular complexity index is 651. The fourth-order valence-electron chi connectivity index (χ4n) is 1.93. The molecule has 1 heterocycles. The standard InChI is InChI=1S/C16H19ClN2O2/c1-16(2,3)11-9-10(20-4)5-7-13(11)21-15-12(18)6-8-14(17)19-15/h5-9H,18H2,1-4H3. The van der Waals surface area contributed by atoms with Crippen molar-refractivity contribution in [2.45, 2.75) is 26.2 Å². The summed E-state index contributed by atoms with van der Waals surface area (Å²) in [5, 5.41) is 0.338. The summed E-state index contributed by atoms with van der Waals surface area (Å²) < 4.78 is 11.2. The van der Waals surface area contributed by atoms with Crippen molar-refractivity contribution in [3.63, 3.8) is 0 Å². The lowest BCUT2D eigenvalue weighted by atomic mass is 9.86. The van der Waals surface area contributed by atoms with Crippen molar-refractivity contribution in [3.8, 4) is 17.4 Å². The molecule has 0 spiro atoms. The van der Waals surface area contributed by atoms with Gasteiger partial charge in [0.25, 0.3) is 0 Å². The zero-order valence-electron chi connectivity index (χ0n) is 12.6. The topological polar surface area (TPSA) is 57.4 Å². The molecule has 0 aliphatic carbocycles. The first-order valence-electron chi connectivity index (χ1n) is 6.59. The number of nitrogens with zero attached hydrogens (tertiary/aromatic N) is 1. The van der Waals surface area contributed by atoms with Gasteiger partial charge in [0.2, 0.25) is 5.88 Å². The molecule has 1 aromatic heterocycles. The summed E-state index contributed by atoms with van der Waals surface area (Å²) in [6.45, 7) is 6.30. The van der Waals surface area contributed by atoms with Crippen molar-refractivity contribution in [2.24, 2.45) is 0 Å². The molecule has 0 saturated heterocycles. The Balaban J connectivity index is 2.46. The third-order valence-electron chi connectivity index (χ3n) is 3.06. The number of pyridine rings is 1. The van der Waals surface area contributed by atoms with Crippen LogP contribution in [-0.2, 0) is 5.41 Å². The number of aromatic nitrogens is 1. The molecule has 2 N–H and O–H groups in total. The van der Waals surface area contributed by atoms with Crippen LogP contribution in [0.25, 0.3) is 0 Å². The number of nitrogens with two attached hydrogens (primary N) is 1. The van der Waals surface area contributed by atoms with E-state index in [0.29, 0.717) is 22.5 Å². The van der Waals surface area contributed by atoms with Gasteiger partial charge in [0, 0.05) is 5.56 Å². The van der Waals surface area contributed by atoms with Gasteiger partial charge in [-0.05, 0) is 35.7 Å². The molecule has 0 fully saturated rings. The first kappa shape index (κ1) is 15.4. The second kappa shape index (κ2) is 5.82. The molecule has 21 heavy (non-hydrogen) atoms. The fourth-order valence-corrected chi connectivity index (χ4v) is 2.07. The summed E-state index contributed by atoms with van der Waals surface area (Å²) in [6, 6.07) is 8.94. The van der Waals surface area contributed by atoms with E-state index in [0.717, 1.165) is 11.3 Å². The van der Waals surface area contributed by atoms with E-state index < -0.39 is 0 Å². The Kier molecular flexibility index (Phi) is 4.28. The van der Waals surface area contributed by atoms with Gasteiger partial charge in [0.1, 0.15) is 16.7 Å². The van der Waals surface area contributed by atoms with Crippen LogP contribution in [0, 0.1) is 0 Å². The summed E-state index contributed by atoms with van der Waals surface area (Å²) in [6.07, 6.45) is 0. The van der Waals surface area contributed by atoms with Gasteiger partial charge in [-0.3, -0.25) is 0 Å². The van der Waals surface area contributed by atoms with Gasteiger partial charge < -0.3 is 15.2 Å². The normalized spacial score (nSPS) is 11.3. The van der Waals surface area contributed by atoms with Crippen molar-refractivity contribution in [1.29, 1.82) is 0 Å². The van der Waals surface area contributed by atoms with Gasteiger partial charge in [-0.15, -0.1) is 0 Å². The van der Waals surface area contributed by atoms with Crippen LogP contribution in [0.1, 0.15) is 26.3 Å². The number of ether oxygens (including phenoxy) is 2. The number of halogens is 1. The molecule has 5 heteroatoms. The molecule has 0 atom stereocenters. The van der Waals surface area contributed by atoms with Crippen LogP contribution >= 0.6 is 11.6 Å². The third-order valence-corrected chi connectivity index (χ3v) is 3.27. The highest BCUT2D eigenvalue weighted by molar-refractivity contribution is 6.29. The fraction of sp³-hybridized carbons (Fsp3) is 0.312. The molecule has 0 bridgehead atoms. The summed E-state index contributed by atoms with van der Waals surface area (Å²) in [7, 11) is 1.64. The van der Waals surface area contributed by atoms with E-state index in [9.17, 15) is 0 Å². The van der Waals surface area contributed by atoms with E-state index in [2.05, 4.69) is 25.8 Å². The Morgan fingerprint density at radius 2 is 1.86 bits per heavy atom. The predicted molar refractivity (Wildman–Crippen MR) is 85.4 cm³/mol. The van der Waals surface area contributed by atoms with Crippen LogP contribution in [0.5, 0.6) is 17.4 Å². The highest BCUT2D eigenvalue weighted by Gasteiger charge is 2.21. The lowest BCUT2D eigenvalue weighted by molar-refractivity contribution is 0.405. The molecule has 4 nitrogen and oxygen atoms in total. The molecule has 112 valence electrons. The second-order valence-corrected chi connectivity index (χ2v) is 6.13. The van der Waals surface area contributed by atoms with E-state index in [1.165, 1.54) is 0 Å². The zero-order valence-corrected chi connectivity index (χ0v) is 13.4. The number of anilines is 1. The minimum atomic E-state index is -0.114. The molecule has 0 aliphatic heterocycles. The first-order chi connectivity index (χ1) is 9.81. The van der Waals surface area contributed by atoms with Crippen molar-refractivity contribution in [1.82, 2.24) is 4.98 Å². The SMILES string of the molecule is COc1ccc(Oc2nc(Cl)ccc2N)c(C(C)(C)C)c1. The predicted octanol–water partition coefficient (Wildman–Crippen LogP) is 4.42. The minimum Gasteiger partial charge on any atom is -0.497 e. The molecule has 0 amide bonds. The Labute approximate surface area is 129 Å². The zero-order chi connectivity index (χ0) is 15.6. The largest absolute Gasteiger partial charge is 0.497 e. The summed E-state index contributed by atoms with van der Waals surface area (Å²) in [4.78, 5) is 4.12. The summed E-state index contributed by atoms with van der Waals surface area (Å²) in [5.41, 5.74) is 7.21. The van der Waals surface area contributed by atoms with Gasteiger partial charge in [-0.1, -0.05) is 32.4 Å². The molecule has 2 aromatic rings. The van der Waals surface area contributed by atoms with Gasteiger partial charge in [-0.25, -0.2) is 0 Å². The maximum Gasteiger partial charge on any atom is 0.244 e. The molecule has 0 aliphatic rings. The van der Waals surface area contributed by atoms with Crippen molar-refractivity contribution < 1.29 is 9.47 Å². The van der Waals surface area contributed by atoms with Crippen LogP contribution < -0.4 is 15.2 Å². The number of hydrogen-bond acceptors (Lipinski definition) is 4. The highest BCUT2D eigenvalue weighted by Crippen LogP contribution is 2.37. The highest BCUT2D eigenvalue weighted by atomic mass is 35.5. The lowest BCUT2D eigenvalue weighted by Gasteiger charge is -2.23. The quantitative estimate of drug-likeness (QED) is 0.853. The molecular weight excluding hydrogens is 288 g/mol. The molecular formula is C16H19ClN2O2. The van der Waals surface area contributed by atoms with Gasteiger partial charge in [0.05, 0.1) is 12.8 Å². The number of benzene rings is 1. The number of rotatable bonds is 3. The van der Waals surface area contributed by atoms with Gasteiger partial charge in [-0.2, -0.15) is 4.98 Å². The van der Waals surface area contributed by atoms with Crippen LogP contribution in [0.4, 0.5) is 5.69 Å². The van der Waals surface area contributed by atoms with E-state index in [1.54, 1.807) is 19.2 Å². The average molecular weight is 307 g/mol. The molecule has 1 aromatic carbocycles. The summed E-state index contributed by atoms with van der Waals surface area (Å²) >= 11 is 5.89. The van der Waals surface area contributed by atoms with E-state index in [1.807, 2.05) is 18.2 Å². The number of hydrogen-bond donors (Lipinski definition) is 1. The number of methoxy groups -OCH3 is 1. The molecule has 0 unspecified atom stereocenters. The maximum atomic E-state index is 5.89. The van der Waals surface area contributed by atoms with Crippen LogP contribution in [-0.4, -0.2) is 12.1 Å². The van der Waals surface area contributed by atoms with Crippen LogP contribution in [0.2, 0.25) is 5.15 Å². The van der Waals surface area contributed by atoms with E-state index in [-0.39, 0.29) is 5.41 Å². The van der Waals surface area contributed by atoms with Gasteiger partial charge in [0.15, 0.2) is 0 Å². The minimum absolute atomic E-state index is 0.114. The van der Waals surface area contributed by atoms with Crippen molar-refractivity contribution in [3.05, 3.63) is 41.0 Å².